The van der Waals surface area contributed by atoms with Gasteiger partial charge in [-0.15, -0.1) is 0 Å². The van der Waals surface area contributed by atoms with Gasteiger partial charge in [0, 0.05) is 0 Å². The van der Waals surface area contributed by atoms with Crippen molar-refractivity contribution in [2.24, 2.45) is 0 Å². The third kappa shape index (κ3) is 3.22. The van der Waals surface area contributed by atoms with Crippen LogP contribution in [0.15, 0.2) is 24.3 Å². The molecule has 1 atom stereocenters. The van der Waals surface area contributed by atoms with Crippen LogP contribution in [0.2, 0.25) is 0 Å². The van der Waals surface area contributed by atoms with Gasteiger partial charge in [-0.3, -0.25) is 0 Å². The van der Waals surface area contributed by atoms with E-state index in [2.05, 4.69) is 45.0 Å². The summed E-state index contributed by atoms with van der Waals surface area (Å²) < 4.78 is 0. The van der Waals surface area contributed by atoms with Gasteiger partial charge in [-0.1, -0.05) is 51.0 Å². The Balaban J connectivity index is 2.60. The maximum Gasteiger partial charge on any atom is -0.0190 e. The van der Waals surface area contributed by atoms with E-state index in [1.807, 2.05) is 0 Å². The molecule has 71 valence electrons. The van der Waals surface area contributed by atoms with Crippen molar-refractivity contribution in [2.75, 3.05) is 0 Å². The van der Waals surface area contributed by atoms with Gasteiger partial charge in [0.2, 0.25) is 0 Å². The van der Waals surface area contributed by atoms with Crippen LogP contribution in [-0.4, -0.2) is 0 Å². The summed E-state index contributed by atoms with van der Waals surface area (Å²) in [5, 5.41) is 0. The Morgan fingerprint density at radius 2 is 2.15 bits per heavy atom. The van der Waals surface area contributed by atoms with E-state index in [1.54, 1.807) is 0 Å². The number of hydrogen-bond acceptors (Lipinski definition) is 0. The molecule has 0 N–H and O–H groups in total. The minimum absolute atomic E-state index is 0.682. The maximum absolute atomic E-state index is 3.94. The van der Waals surface area contributed by atoms with Crippen LogP contribution in [0.3, 0.4) is 0 Å². The number of rotatable bonds is 4. The summed E-state index contributed by atoms with van der Waals surface area (Å²) >= 11 is 0. The third-order valence-corrected chi connectivity index (χ3v) is 2.51. The Morgan fingerprint density at radius 3 is 2.77 bits per heavy atom. The molecule has 0 aromatic heterocycles. The monoisotopic (exact) mass is 175 g/mol. The molecule has 0 aliphatic heterocycles. The first-order valence-electron chi connectivity index (χ1n) is 5.16. The second-order valence-electron chi connectivity index (χ2n) is 3.79. The molecule has 0 aliphatic rings. The van der Waals surface area contributed by atoms with Crippen molar-refractivity contribution in [2.45, 2.75) is 39.0 Å². The Labute approximate surface area is 82.0 Å². The fraction of sp³-hybridized carbons (Fsp3) is 0.462. The lowest BCUT2D eigenvalue weighted by Gasteiger charge is -2.11. The Morgan fingerprint density at radius 1 is 1.38 bits per heavy atom. The lowest BCUT2D eigenvalue weighted by Crippen LogP contribution is -1.93. The highest BCUT2D eigenvalue weighted by Crippen LogP contribution is 2.21. The van der Waals surface area contributed by atoms with E-state index in [-0.39, 0.29) is 0 Å². The molecule has 0 heteroatoms. The molecule has 1 rings (SSSR count). The summed E-state index contributed by atoms with van der Waals surface area (Å²) in [4.78, 5) is 0. The highest BCUT2D eigenvalue weighted by molar-refractivity contribution is 5.27. The van der Waals surface area contributed by atoms with Gasteiger partial charge in [-0.05, 0) is 30.4 Å². The van der Waals surface area contributed by atoms with Crippen molar-refractivity contribution in [3.05, 3.63) is 42.3 Å². The molecule has 1 radical (unpaired) electrons. The van der Waals surface area contributed by atoms with Gasteiger partial charge in [0.25, 0.3) is 0 Å². The molecule has 0 fully saturated rings. The largest absolute Gasteiger partial charge is 0.0654 e. The molecule has 0 aliphatic carbocycles. The van der Waals surface area contributed by atoms with E-state index in [9.17, 15) is 0 Å². The lowest BCUT2D eigenvalue weighted by molar-refractivity contribution is 0.624. The molecule has 0 saturated heterocycles. The number of benzene rings is 1. The molecular weight excluding hydrogens is 156 g/mol. The smallest absolute Gasteiger partial charge is 0.0190 e. The Kier molecular flexibility index (Phi) is 4.01. The molecule has 0 saturated carbocycles. The average molecular weight is 175 g/mol. The summed E-state index contributed by atoms with van der Waals surface area (Å²) in [7, 11) is 0. The van der Waals surface area contributed by atoms with Crippen molar-refractivity contribution in [1.82, 2.24) is 0 Å². The fourth-order valence-electron chi connectivity index (χ4n) is 1.58. The van der Waals surface area contributed by atoms with E-state index < -0.39 is 0 Å². The lowest BCUT2D eigenvalue weighted by atomic mass is 9.94. The summed E-state index contributed by atoms with van der Waals surface area (Å²) in [6, 6.07) is 8.55. The predicted octanol–water partition coefficient (Wildman–Crippen LogP) is 4.16. The molecule has 0 amide bonds. The van der Waals surface area contributed by atoms with Crippen LogP contribution in [0.25, 0.3) is 0 Å². The Hall–Kier alpha value is -0.780. The summed E-state index contributed by atoms with van der Waals surface area (Å²) in [6.45, 7) is 8.48. The van der Waals surface area contributed by atoms with Gasteiger partial charge >= 0.3 is 0 Å². The molecule has 0 nitrogen and oxygen atoms in total. The first-order valence-corrected chi connectivity index (χ1v) is 5.16. The number of unbranched alkanes of at least 4 members (excludes halogenated alkanes) is 1. The summed E-state index contributed by atoms with van der Waals surface area (Å²) in [5.74, 6) is 0.682. The van der Waals surface area contributed by atoms with Crippen LogP contribution in [0.5, 0.6) is 0 Å². The second-order valence-corrected chi connectivity index (χ2v) is 3.79. The highest BCUT2D eigenvalue weighted by Gasteiger charge is 2.03. The molecule has 0 spiro atoms. The van der Waals surface area contributed by atoms with Gasteiger partial charge in [0.1, 0.15) is 0 Å². The normalized spacial score (nSPS) is 12.8. The standard InChI is InChI=1S/C13H19/c1-4-5-8-12(3)13-9-6-7-11(2)10-13/h6-7,9-10,12H,2,4-5,8H2,1,3H3. The molecule has 1 unspecified atom stereocenters. The maximum atomic E-state index is 3.94. The first-order chi connectivity index (χ1) is 6.24. The Bertz CT molecular complexity index is 250. The van der Waals surface area contributed by atoms with Crippen LogP contribution in [0.4, 0.5) is 0 Å². The fourth-order valence-corrected chi connectivity index (χ4v) is 1.58. The molecular formula is C13H19. The van der Waals surface area contributed by atoms with Gasteiger partial charge in [-0.25, -0.2) is 0 Å². The summed E-state index contributed by atoms with van der Waals surface area (Å²) in [6.07, 6.45) is 3.90. The zero-order chi connectivity index (χ0) is 9.68. The van der Waals surface area contributed by atoms with Crippen molar-refractivity contribution >= 4 is 0 Å². The van der Waals surface area contributed by atoms with Crippen LogP contribution in [0, 0.1) is 6.92 Å². The highest BCUT2D eigenvalue weighted by atomic mass is 14.1. The zero-order valence-electron chi connectivity index (χ0n) is 8.72. The third-order valence-electron chi connectivity index (χ3n) is 2.51. The predicted molar refractivity (Wildman–Crippen MR) is 58.8 cm³/mol. The van der Waals surface area contributed by atoms with E-state index in [0.717, 1.165) is 5.56 Å². The average Bonchev–Trinajstić information content (AvgIpc) is 2.14. The van der Waals surface area contributed by atoms with E-state index >= 15 is 0 Å². The minimum Gasteiger partial charge on any atom is -0.0654 e. The van der Waals surface area contributed by atoms with E-state index in [0.29, 0.717) is 5.92 Å². The van der Waals surface area contributed by atoms with Gasteiger partial charge < -0.3 is 0 Å². The van der Waals surface area contributed by atoms with Crippen molar-refractivity contribution < 1.29 is 0 Å². The molecule has 0 heterocycles. The van der Waals surface area contributed by atoms with Crippen LogP contribution in [-0.2, 0) is 0 Å². The molecule has 1 aromatic rings. The van der Waals surface area contributed by atoms with Crippen LogP contribution >= 0.6 is 0 Å². The summed E-state index contributed by atoms with van der Waals surface area (Å²) in [5.41, 5.74) is 2.56. The molecule has 13 heavy (non-hydrogen) atoms. The SMILES string of the molecule is [CH2]c1cccc(C(C)CCCC)c1. The minimum atomic E-state index is 0.682. The van der Waals surface area contributed by atoms with Gasteiger partial charge in [-0.2, -0.15) is 0 Å². The van der Waals surface area contributed by atoms with Crippen molar-refractivity contribution in [3.8, 4) is 0 Å². The molecule has 1 aromatic carbocycles. The van der Waals surface area contributed by atoms with Gasteiger partial charge in [0.15, 0.2) is 0 Å². The zero-order valence-corrected chi connectivity index (χ0v) is 8.72. The first kappa shape index (κ1) is 10.3. The number of hydrogen-bond donors (Lipinski definition) is 0. The second kappa shape index (κ2) is 5.06. The van der Waals surface area contributed by atoms with E-state index in [1.165, 1.54) is 24.8 Å². The van der Waals surface area contributed by atoms with Crippen LogP contribution in [0.1, 0.15) is 50.2 Å². The topological polar surface area (TPSA) is 0 Å². The van der Waals surface area contributed by atoms with Crippen molar-refractivity contribution in [3.63, 3.8) is 0 Å². The van der Waals surface area contributed by atoms with Crippen LogP contribution < -0.4 is 0 Å². The van der Waals surface area contributed by atoms with Crippen molar-refractivity contribution in [1.29, 1.82) is 0 Å². The van der Waals surface area contributed by atoms with Gasteiger partial charge in [0.05, 0.1) is 0 Å². The molecule has 0 bridgehead atoms. The quantitative estimate of drug-likeness (QED) is 0.644. The van der Waals surface area contributed by atoms with E-state index in [4.69, 9.17) is 0 Å².